The zero-order valence-electron chi connectivity index (χ0n) is 8.95. The van der Waals surface area contributed by atoms with Crippen molar-refractivity contribution in [2.45, 2.75) is 26.4 Å². The Hall–Kier alpha value is -1.55. The highest BCUT2D eigenvalue weighted by molar-refractivity contribution is 5.18. The van der Waals surface area contributed by atoms with Crippen molar-refractivity contribution in [3.05, 3.63) is 41.6 Å². The van der Waals surface area contributed by atoms with E-state index in [4.69, 9.17) is 4.42 Å². The lowest BCUT2D eigenvalue weighted by Gasteiger charge is -2.11. The van der Waals surface area contributed by atoms with Crippen LogP contribution in [0.4, 0.5) is 0 Å². The van der Waals surface area contributed by atoms with Crippen LogP contribution in [-0.4, -0.2) is 10.2 Å². The molecule has 0 fully saturated rings. The van der Waals surface area contributed by atoms with E-state index >= 15 is 0 Å². The number of aryl methyl sites for hydroxylation is 1. The average Bonchev–Trinajstić information content (AvgIpc) is 2.84. The van der Waals surface area contributed by atoms with Crippen molar-refractivity contribution in [3.8, 4) is 0 Å². The minimum Gasteiger partial charge on any atom is -0.468 e. The highest BCUT2D eigenvalue weighted by Crippen LogP contribution is 2.14. The van der Waals surface area contributed by atoms with E-state index < -0.39 is 0 Å². The molecular weight excluding hydrogens is 190 g/mol. The summed E-state index contributed by atoms with van der Waals surface area (Å²) >= 11 is 0. The fraction of sp³-hybridized carbons (Fsp3) is 0.364. The minimum atomic E-state index is 0.272. The summed E-state index contributed by atoms with van der Waals surface area (Å²) < 4.78 is 5.25. The molecule has 0 spiro atoms. The van der Waals surface area contributed by atoms with Gasteiger partial charge in [0.1, 0.15) is 5.76 Å². The van der Waals surface area contributed by atoms with Gasteiger partial charge in [-0.1, -0.05) is 0 Å². The van der Waals surface area contributed by atoms with Crippen LogP contribution in [0.1, 0.15) is 30.0 Å². The molecule has 15 heavy (non-hydrogen) atoms. The van der Waals surface area contributed by atoms with Crippen molar-refractivity contribution in [2.24, 2.45) is 0 Å². The Labute approximate surface area is 88.7 Å². The molecule has 0 aliphatic rings. The van der Waals surface area contributed by atoms with Gasteiger partial charge >= 0.3 is 0 Å². The van der Waals surface area contributed by atoms with Gasteiger partial charge in [0.05, 0.1) is 19.0 Å². The molecule has 1 unspecified atom stereocenters. The Kier molecular flexibility index (Phi) is 2.87. The molecule has 0 aliphatic heterocycles. The maximum Gasteiger partial charge on any atom is 0.117 e. The maximum absolute atomic E-state index is 5.25. The van der Waals surface area contributed by atoms with Crippen molar-refractivity contribution in [1.29, 1.82) is 0 Å². The fourth-order valence-corrected chi connectivity index (χ4v) is 1.57. The van der Waals surface area contributed by atoms with E-state index in [2.05, 4.69) is 22.4 Å². The van der Waals surface area contributed by atoms with E-state index in [1.165, 1.54) is 5.56 Å². The number of aromatic amines is 1. The van der Waals surface area contributed by atoms with Crippen LogP contribution in [0.3, 0.4) is 0 Å². The molecule has 0 aliphatic carbocycles. The molecule has 4 nitrogen and oxygen atoms in total. The first-order chi connectivity index (χ1) is 7.27. The summed E-state index contributed by atoms with van der Waals surface area (Å²) in [5.41, 5.74) is 2.30. The predicted octanol–water partition coefficient (Wildman–Crippen LogP) is 2.16. The lowest BCUT2D eigenvalue weighted by atomic mass is 10.1. The number of nitrogens with zero attached hydrogens (tertiary/aromatic N) is 1. The standard InChI is InChI=1S/C11H15N3O/c1-8(11-7-13-14-9(11)2)12-6-10-4-3-5-15-10/h3-5,7-8,12H,6H2,1-2H3,(H,13,14). The molecule has 4 heteroatoms. The lowest BCUT2D eigenvalue weighted by molar-refractivity contribution is 0.460. The number of furan rings is 1. The van der Waals surface area contributed by atoms with Gasteiger partial charge in [-0.15, -0.1) is 0 Å². The molecule has 0 radical (unpaired) electrons. The van der Waals surface area contributed by atoms with E-state index in [0.29, 0.717) is 0 Å². The second-order valence-electron chi connectivity index (χ2n) is 3.63. The molecule has 80 valence electrons. The number of aromatic nitrogens is 2. The van der Waals surface area contributed by atoms with Crippen LogP contribution in [0, 0.1) is 6.92 Å². The molecule has 0 amide bonds. The SMILES string of the molecule is Cc1[nH]ncc1C(C)NCc1ccco1. The fourth-order valence-electron chi connectivity index (χ4n) is 1.57. The van der Waals surface area contributed by atoms with E-state index in [0.717, 1.165) is 18.0 Å². The van der Waals surface area contributed by atoms with Crippen molar-refractivity contribution in [2.75, 3.05) is 0 Å². The van der Waals surface area contributed by atoms with Gasteiger partial charge in [-0.3, -0.25) is 5.10 Å². The summed E-state index contributed by atoms with van der Waals surface area (Å²) in [5, 5.41) is 10.3. The Balaban J connectivity index is 1.93. The van der Waals surface area contributed by atoms with Crippen molar-refractivity contribution in [1.82, 2.24) is 15.5 Å². The zero-order chi connectivity index (χ0) is 10.7. The average molecular weight is 205 g/mol. The van der Waals surface area contributed by atoms with Gasteiger partial charge in [0.2, 0.25) is 0 Å². The van der Waals surface area contributed by atoms with Crippen LogP contribution >= 0.6 is 0 Å². The van der Waals surface area contributed by atoms with Crippen molar-refractivity contribution in [3.63, 3.8) is 0 Å². The molecule has 1 atom stereocenters. The maximum atomic E-state index is 5.25. The van der Waals surface area contributed by atoms with Crippen LogP contribution in [-0.2, 0) is 6.54 Å². The summed E-state index contributed by atoms with van der Waals surface area (Å²) in [6.45, 7) is 4.87. The zero-order valence-corrected chi connectivity index (χ0v) is 8.95. The molecule has 2 heterocycles. The Morgan fingerprint density at radius 1 is 1.60 bits per heavy atom. The molecule has 2 aromatic rings. The third kappa shape index (κ3) is 2.27. The Bertz CT molecular complexity index is 405. The molecule has 0 saturated carbocycles. The van der Waals surface area contributed by atoms with Gasteiger partial charge in [0.15, 0.2) is 0 Å². The third-order valence-corrected chi connectivity index (χ3v) is 2.50. The molecule has 2 aromatic heterocycles. The Morgan fingerprint density at radius 2 is 2.47 bits per heavy atom. The van der Waals surface area contributed by atoms with Crippen LogP contribution in [0.2, 0.25) is 0 Å². The van der Waals surface area contributed by atoms with E-state index in [-0.39, 0.29) is 6.04 Å². The van der Waals surface area contributed by atoms with Gasteiger partial charge in [-0.2, -0.15) is 5.10 Å². The van der Waals surface area contributed by atoms with Crippen LogP contribution in [0.15, 0.2) is 29.0 Å². The summed E-state index contributed by atoms with van der Waals surface area (Å²) in [5.74, 6) is 0.947. The van der Waals surface area contributed by atoms with Crippen molar-refractivity contribution < 1.29 is 4.42 Å². The summed E-state index contributed by atoms with van der Waals surface area (Å²) in [6, 6.07) is 4.13. The van der Waals surface area contributed by atoms with E-state index in [1.807, 2.05) is 25.3 Å². The smallest absolute Gasteiger partial charge is 0.117 e. The van der Waals surface area contributed by atoms with Crippen LogP contribution in [0.25, 0.3) is 0 Å². The molecule has 0 aromatic carbocycles. The van der Waals surface area contributed by atoms with Gasteiger partial charge in [-0.25, -0.2) is 0 Å². The number of hydrogen-bond acceptors (Lipinski definition) is 3. The topological polar surface area (TPSA) is 53.9 Å². The highest BCUT2D eigenvalue weighted by atomic mass is 16.3. The first-order valence-electron chi connectivity index (χ1n) is 5.03. The number of hydrogen-bond donors (Lipinski definition) is 2. The number of nitrogens with one attached hydrogen (secondary N) is 2. The van der Waals surface area contributed by atoms with E-state index in [9.17, 15) is 0 Å². The number of H-pyrrole nitrogens is 1. The normalized spacial score (nSPS) is 12.9. The largest absolute Gasteiger partial charge is 0.468 e. The summed E-state index contributed by atoms with van der Waals surface area (Å²) in [4.78, 5) is 0. The van der Waals surface area contributed by atoms with Gasteiger partial charge in [0.25, 0.3) is 0 Å². The molecule has 2 N–H and O–H groups in total. The molecule has 2 rings (SSSR count). The second kappa shape index (κ2) is 4.31. The molecule has 0 saturated heterocycles. The minimum absolute atomic E-state index is 0.272. The lowest BCUT2D eigenvalue weighted by Crippen LogP contribution is -2.17. The predicted molar refractivity (Wildman–Crippen MR) is 57.3 cm³/mol. The quantitative estimate of drug-likeness (QED) is 0.804. The monoisotopic (exact) mass is 205 g/mol. The van der Waals surface area contributed by atoms with Crippen LogP contribution < -0.4 is 5.32 Å². The van der Waals surface area contributed by atoms with Crippen molar-refractivity contribution >= 4 is 0 Å². The summed E-state index contributed by atoms with van der Waals surface area (Å²) in [7, 11) is 0. The third-order valence-electron chi connectivity index (χ3n) is 2.50. The second-order valence-corrected chi connectivity index (χ2v) is 3.63. The Morgan fingerprint density at radius 3 is 3.07 bits per heavy atom. The highest BCUT2D eigenvalue weighted by Gasteiger charge is 2.09. The van der Waals surface area contributed by atoms with E-state index in [1.54, 1.807) is 6.26 Å². The molecular formula is C11H15N3O. The number of rotatable bonds is 4. The van der Waals surface area contributed by atoms with Gasteiger partial charge < -0.3 is 9.73 Å². The van der Waals surface area contributed by atoms with Crippen LogP contribution in [0.5, 0.6) is 0 Å². The summed E-state index contributed by atoms with van der Waals surface area (Å²) in [6.07, 6.45) is 3.54. The molecule has 0 bridgehead atoms. The van der Waals surface area contributed by atoms with Gasteiger partial charge in [-0.05, 0) is 26.0 Å². The first kappa shape index (κ1) is 9.98. The first-order valence-corrected chi connectivity index (χ1v) is 5.03. The van der Waals surface area contributed by atoms with Gasteiger partial charge in [0, 0.05) is 17.3 Å².